The molecule has 5 heteroatoms. The van der Waals surface area contributed by atoms with Gasteiger partial charge in [-0.05, 0) is 42.8 Å². The summed E-state index contributed by atoms with van der Waals surface area (Å²) in [4.78, 5) is 0. The number of ether oxygens (including phenoxy) is 1. The van der Waals surface area contributed by atoms with Gasteiger partial charge in [-0.1, -0.05) is 17.7 Å². The molecule has 0 aliphatic heterocycles. The third kappa shape index (κ3) is 3.46. The van der Waals surface area contributed by atoms with Gasteiger partial charge in [0.25, 0.3) is 0 Å². The summed E-state index contributed by atoms with van der Waals surface area (Å²) in [7, 11) is 0. The molecule has 2 rings (SSSR count). The van der Waals surface area contributed by atoms with Gasteiger partial charge in [0.2, 0.25) is 0 Å². The second kappa shape index (κ2) is 6.20. The Balaban J connectivity index is 2.16. The summed E-state index contributed by atoms with van der Waals surface area (Å²) in [5.41, 5.74) is 0.937. The molecule has 2 aromatic rings. The van der Waals surface area contributed by atoms with Gasteiger partial charge in [0.15, 0.2) is 0 Å². The lowest BCUT2D eigenvalue weighted by Crippen LogP contribution is -2.02. The minimum atomic E-state index is -0.859. The highest BCUT2D eigenvalue weighted by molar-refractivity contribution is 6.30. The van der Waals surface area contributed by atoms with Gasteiger partial charge in [0.1, 0.15) is 24.0 Å². The number of benzene rings is 2. The zero-order chi connectivity index (χ0) is 14.7. The lowest BCUT2D eigenvalue weighted by molar-refractivity contribution is 0.189. The highest BCUT2D eigenvalue weighted by Gasteiger charge is 2.11. The van der Waals surface area contributed by atoms with Crippen molar-refractivity contribution in [3.8, 4) is 5.75 Å². The van der Waals surface area contributed by atoms with Crippen LogP contribution < -0.4 is 4.74 Å². The first-order chi connectivity index (χ1) is 9.47. The quantitative estimate of drug-likeness (QED) is 0.914. The first-order valence-electron chi connectivity index (χ1n) is 6.01. The van der Waals surface area contributed by atoms with Crippen LogP contribution >= 0.6 is 11.6 Å². The molecule has 0 spiro atoms. The molecule has 0 radical (unpaired) electrons. The minimum Gasteiger partial charge on any atom is -0.489 e. The van der Waals surface area contributed by atoms with Crippen molar-refractivity contribution >= 4 is 11.6 Å². The van der Waals surface area contributed by atoms with Crippen LogP contribution in [0.25, 0.3) is 0 Å². The van der Waals surface area contributed by atoms with Gasteiger partial charge in [-0.2, -0.15) is 0 Å². The molecule has 0 saturated heterocycles. The van der Waals surface area contributed by atoms with E-state index in [9.17, 15) is 13.9 Å². The van der Waals surface area contributed by atoms with E-state index < -0.39 is 17.7 Å². The van der Waals surface area contributed by atoms with Crippen LogP contribution in [0.15, 0.2) is 36.4 Å². The van der Waals surface area contributed by atoms with E-state index in [0.717, 1.165) is 0 Å². The summed E-state index contributed by atoms with van der Waals surface area (Å²) in [5.74, 6) is -0.620. The Labute approximate surface area is 120 Å². The van der Waals surface area contributed by atoms with Gasteiger partial charge in [-0.15, -0.1) is 0 Å². The summed E-state index contributed by atoms with van der Waals surface area (Å²) in [6, 6.07) is 8.23. The number of aliphatic hydroxyl groups excluding tert-OH is 1. The van der Waals surface area contributed by atoms with Crippen LogP contribution in [0.5, 0.6) is 5.75 Å². The van der Waals surface area contributed by atoms with Crippen LogP contribution in [0.4, 0.5) is 8.78 Å². The largest absolute Gasteiger partial charge is 0.489 e. The Morgan fingerprint density at radius 1 is 1.20 bits per heavy atom. The predicted octanol–water partition coefficient (Wildman–Crippen LogP) is 4.25. The Morgan fingerprint density at radius 2 is 1.95 bits per heavy atom. The van der Waals surface area contributed by atoms with Gasteiger partial charge in [0, 0.05) is 5.56 Å². The smallest absolute Gasteiger partial charge is 0.142 e. The number of hydrogen-bond donors (Lipinski definition) is 1. The molecular weight excluding hydrogens is 286 g/mol. The van der Waals surface area contributed by atoms with Crippen LogP contribution in [0.3, 0.4) is 0 Å². The van der Waals surface area contributed by atoms with Crippen molar-refractivity contribution in [3.63, 3.8) is 0 Å². The van der Waals surface area contributed by atoms with E-state index in [1.807, 2.05) is 0 Å². The van der Waals surface area contributed by atoms with Crippen LogP contribution in [-0.4, -0.2) is 5.11 Å². The third-order valence-electron chi connectivity index (χ3n) is 2.80. The molecular formula is C15H13ClF2O2. The van der Waals surface area contributed by atoms with Gasteiger partial charge in [-0.25, -0.2) is 8.78 Å². The second-order valence-corrected chi connectivity index (χ2v) is 4.80. The third-order valence-corrected chi connectivity index (χ3v) is 3.11. The second-order valence-electron chi connectivity index (χ2n) is 4.40. The van der Waals surface area contributed by atoms with Crippen molar-refractivity contribution in [1.29, 1.82) is 0 Å². The molecule has 2 aromatic carbocycles. The fourth-order valence-electron chi connectivity index (χ4n) is 1.77. The lowest BCUT2D eigenvalue weighted by Gasteiger charge is -2.13. The fraction of sp³-hybridized carbons (Fsp3) is 0.200. The topological polar surface area (TPSA) is 29.5 Å². The molecule has 0 bridgehead atoms. The number of rotatable bonds is 4. The first-order valence-corrected chi connectivity index (χ1v) is 6.39. The maximum Gasteiger partial charge on any atom is 0.142 e. The molecule has 0 aliphatic rings. The molecule has 1 N–H and O–H groups in total. The van der Waals surface area contributed by atoms with E-state index in [0.29, 0.717) is 16.9 Å². The molecule has 0 heterocycles. The van der Waals surface area contributed by atoms with Crippen LogP contribution in [0, 0.1) is 11.6 Å². The maximum atomic E-state index is 13.3. The number of halogens is 3. The van der Waals surface area contributed by atoms with E-state index >= 15 is 0 Å². The van der Waals surface area contributed by atoms with Crippen LogP contribution in [-0.2, 0) is 6.61 Å². The summed E-state index contributed by atoms with van der Waals surface area (Å²) < 4.78 is 31.9. The number of aliphatic hydroxyl groups is 1. The minimum absolute atomic E-state index is 0.0419. The molecule has 1 atom stereocenters. The number of hydrogen-bond acceptors (Lipinski definition) is 2. The van der Waals surface area contributed by atoms with E-state index in [-0.39, 0.29) is 11.6 Å². The predicted molar refractivity (Wildman–Crippen MR) is 72.8 cm³/mol. The van der Waals surface area contributed by atoms with Crippen molar-refractivity contribution in [2.45, 2.75) is 19.6 Å². The van der Waals surface area contributed by atoms with E-state index in [2.05, 4.69) is 0 Å². The van der Waals surface area contributed by atoms with Crippen molar-refractivity contribution in [3.05, 3.63) is 64.2 Å². The summed E-state index contributed by atoms with van der Waals surface area (Å²) in [6.45, 7) is 1.61. The lowest BCUT2D eigenvalue weighted by atomic mass is 10.1. The molecule has 1 unspecified atom stereocenters. The molecule has 0 aliphatic carbocycles. The molecule has 0 amide bonds. The monoisotopic (exact) mass is 298 g/mol. The molecule has 0 saturated carbocycles. The molecule has 2 nitrogen and oxygen atoms in total. The van der Waals surface area contributed by atoms with E-state index in [1.54, 1.807) is 6.07 Å². The van der Waals surface area contributed by atoms with E-state index in [1.165, 1.54) is 37.3 Å². The van der Waals surface area contributed by atoms with Crippen molar-refractivity contribution in [2.75, 3.05) is 0 Å². The normalized spacial score (nSPS) is 12.2. The highest BCUT2D eigenvalue weighted by Crippen LogP contribution is 2.27. The van der Waals surface area contributed by atoms with Crippen LogP contribution in [0.1, 0.15) is 24.2 Å². The Hall–Kier alpha value is -1.65. The molecule has 0 aromatic heterocycles. The van der Waals surface area contributed by atoms with Crippen molar-refractivity contribution < 1.29 is 18.6 Å². The highest BCUT2D eigenvalue weighted by atomic mass is 35.5. The van der Waals surface area contributed by atoms with E-state index in [4.69, 9.17) is 16.3 Å². The fourth-order valence-corrected chi connectivity index (χ4v) is 1.89. The summed E-state index contributed by atoms with van der Waals surface area (Å²) in [5, 5.41) is 9.62. The molecule has 106 valence electrons. The Morgan fingerprint density at radius 3 is 2.60 bits per heavy atom. The summed E-state index contributed by atoms with van der Waals surface area (Å²) in [6.07, 6.45) is -0.859. The standard InChI is InChI=1S/C15H13ClF2O2/c1-9(19)12-7-11(17)3-5-15(12)20-8-10-2-4-13(16)14(18)6-10/h2-7,9,19H,8H2,1H3. The molecule has 0 fully saturated rings. The average molecular weight is 299 g/mol. The van der Waals surface area contributed by atoms with Crippen LogP contribution in [0.2, 0.25) is 5.02 Å². The van der Waals surface area contributed by atoms with Crippen molar-refractivity contribution in [2.24, 2.45) is 0 Å². The Kier molecular flexibility index (Phi) is 4.57. The first kappa shape index (κ1) is 14.8. The molecule has 20 heavy (non-hydrogen) atoms. The van der Waals surface area contributed by atoms with Gasteiger partial charge < -0.3 is 9.84 Å². The maximum absolute atomic E-state index is 13.3. The van der Waals surface area contributed by atoms with Gasteiger partial charge in [-0.3, -0.25) is 0 Å². The average Bonchev–Trinajstić information content (AvgIpc) is 2.41. The van der Waals surface area contributed by atoms with Gasteiger partial charge >= 0.3 is 0 Å². The zero-order valence-corrected chi connectivity index (χ0v) is 11.5. The van der Waals surface area contributed by atoms with Crippen molar-refractivity contribution in [1.82, 2.24) is 0 Å². The Bertz CT molecular complexity index is 615. The summed E-state index contributed by atoms with van der Waals surface area (Å²) >= 11 is 5.59. The zero-order valence-electron chi connectivity index (χ0n) is 10.7. The van der Waals surface area contributed by atoms with Gasteiger partial charge in [0.05, 0.1) is 11.1 Å². The SMILES string of the molecule is CC(O)c1cc(F)ccc1OCc1ccc(Cl)c(F)c1.